The molecule has 0 aliphatic heterocycles. The maximum absolute atomic E-state index is 12.0. The van der Waals surface area contributed by atoms with Gasteiger partial charge < -0.3 is 19.7 Å². The smallest absolute Gasteiger partial charge is 0.308 e. The molecule has 0 spiro atoms. The molecule has 0 aromatic heterocycles. The Hall–Kier alpha value is -4.95. The first-order valence-corrected chi connectivity index (χ1v) is 11.2. The van der Waals surface area contributed by atoms with E-state index in [-0.39, 0.29) is 42.4 Å². The first-order chi connectivity index (χ1) is 18.0. The van der Waals surface area contributed by atoms with Gasteiger partial charge in [0.2, 0.25) is 5.91 Å². The van der Waals surface area contributed by atoms with Crippen LogP contribution in [0.1, 0.15) is 27.2 Å². The predicted octanol–water partition coefficient (Wildman–Crippen LogP) is 4.23. The van der Waals surface area contributed by atoms with Crippen LogP contribution in [-0.4, -0.2) is 54.3 Å². The Morgan fingerprint density at radius 1 is 1.03 bits per heavy atom. The van der Waals surface area contributed by atoms with Crippen molar-refractivity contribution >= 4 is 51.8 Å². The molecule has 1 N–H and O–H groups in total. The van der Waals surface area contributed by atoms with Crippen LogP contribution in [0.4, 0.5) is 34.1 Å². The average molecular weight is 530 g/mol. The summed E-state index contributed by atoms with van der Waals surface area (Å²) in [5.74, 6) is -0.981. The molecule has 15 heteroatoms. The number of rotatable bonds is 13. The Bertz CT molecular complexity index is 1280. The number of Topliss-reactive ketones (excluding diaryl/α,β-unsaturated/α-hetero) is 1. The molecule has 1 amide bonds. The average Bonchev–Trinajstić information content (AvgIpc) is 2.86. The van der Waals surface area contributed by atoms with Gasteiger partial charge in [-0.15, -0.1) is 10.2 Å². The van der Waals surface area contributed by atoms with Crippen molar-refractivity contribution in [1.82, 2.24) is 0 Å². The fraction of sp³-hybridized carbons (Fsp3) is 0.348. The van der Waals surface area contributed by atoms with Gasteiger partial charge >= 0.3 is 11.7 Å². The normalized spacial score (nSPS) is 10.6. The molecule has 2 aromatic carbocycles. The van der Waals surface area contributed by atoms with E-state index in [0.717, 1.165) is 18.2 Å². The van der Waals surface area contributed by atoms with Crippen molar-refractivity contribution < 1.29 is 33.7 Å². The number of esters is 1. The number of hydrogen-bond acceptors (Lipinski definition) is 12. The zero-order valence-corrected chi connectivity index (χ0v) is 21.1. The highest BCUT2D eigenvalue weighted by molar-refractivity contribution is 5.94. The summed E-state index contributed by atoms with van der Waals surface area (Å²) in [5, 5.41) is 32.9. The number of nitro benzene ring substituents is 2. The van der Waals surface area contributed by atoms with E-state index < -0.39 is 33.1 Å². The lowest BCUT2D eigenvalue weighted by molar-refractivity contribution is -0.393. The Balaban J connectivity index is 2.46. The third-order valence-electron chi connectivity index (χ3n) is 4.98. The zero-order chi connectivity index (χ0) is 28.4. The van der Waals surface area contributed by atoms with Crippen molar-refractivity contribution in [3.8, 4) is 5.75 Å². The predicted molar refractivity (Wildman–Crippen MR) is 135 cm³/mol. The summed E-state index contributed by atoms with van der Waals surface area (Å²) in [6, 6.07) is 5.91. The largest absolute Gasteiger partial charge is 0.494 e. The second-order valence-corrected chi connectivity index (χ2v) is 7.80. The van der Waals surface area contributed by atoms with E-state index >= 15 is 0 Å². The van der Waals surface area contributed by atoms with E-state index in [1.54, 1.807) is 11.0 Å². The monoisotopic (exact) mass is 530 g/mol. The molecule has 0 heterocycles. The van der Waals surface area contributed by atoms with Crippen LogP contribution in [0.15, 0.2) is 40.6 Å². The number of nitrogens with zero attached hydrogens (tertiary/aromatic N) is 5. The first-order valence-electron chi connectivity index (χ1n) is 11.2. The summed E-state index contributed by atoms with van der Waals surface area (Å²) < 4.78 is 10.4. The highest BCUT2D eigenvalue weighted by Crippen LogP contribution is 2.40. The second-order valence-electron chi connectivity index (χ2n) is 7.80. The van der Waals surface area contributed by atoms with Gasteiger partial charge in [0, 0.05) is 32.1 Å². The number of ketones is 1. The Kier molecular flexibility index (Phi) is 10.3. The van der Waals surface area contributed by atoms with Crippen molar-refractivity contribution in [3.05, 3.63) is 50.6 Å². The van der Waals surface area contributed by atoms with Gasteiger partial charge in [0.25, 0.3) is 5.69 Å². The van der Waals surface area contributed by atoms with Crippen LogP contribution in [0, 0.1) is 20.2 Å². The van der Waals surface area contributed by atoms with Gasteiger partial charge in [-0.3, -0.25) is 34.6 Å². The molecule has 38 heavy (non-hydrogen) atoms. The molecule has 0 saturated heterocycles. The van der Waals surface area contributed by atoms with Gasteiger partial charge in [0.05, 0.1) is 40.8 Å². The minimum atomic E-state index is -0.819. The molecule has 2 aromatic rings. The molecule has 0 aliphatic carbocycles. The van der Waals surface area contributed by atoms with Crippen LogP contribution in [0.3, 0.4) is 0 Å². The zero-order valence-electron chi connectivity index (χ0n) is 21.1. The summed E-state index contributed by atoms with van der Waals surface area (Å²) >= 11 is 0. The highest BCUT2D eigenvalue weighted by Gasteiger charge is 2.21. The van der Waals surface area contributed by atoms with Crippen LogP contribution in [0.5, 0.6) is 5.75 Å². The number of amides is 1. The van der Waals surface area contributed by atoms with Crippen LogP contribution >= 0.6 is 0 Å². The number of ether oxygens (including phenoxy) is 2. The molecule has 0 saturated carbocycles. The van der Waals surface area contributed by atoms with Crippen LogP contribution in [0.25, 0.3) is 0 Å². The standard InChI is InChI=1S/C23H26N6O9/c1-5-27(9-8-23(32)38-13-14(2)30)21-11-18(24-15(3)31)19(12-22(21)37-4)26-25-17-7-6-16(28(33)34)10-20(17)29(35)36/h6-7,10-12H,5,8-9,13H2,1-4H3,(H,24,31). The topological polar surface area (TPSA) is 196 Å². The number of carbonyl (C=O) groups excluding carboxylic acids is 3. The third-order valence-corrected chi connectivity index (χ3v) is 4.98. The van der Waals surface area contributed by atoms with E-state index in [1.165, 1.54) is 27.0 Å². The van der Waals surface area contributed by atoms with Gasteiger partial charge in [-0.2, -0.15) is 0 Å². The maximum Gasteiger partial charge on any atom is 0.308 e. The lowest BCUT2D eigenvalue weighted by Gasteiger charge is -2.26. The molecule has 0 fully saturated rings. The van der Waals surface area contributed by atoms with Crippen LogP contribution in [0.2, 0.25) is 0 Å². The van der Waals surface area contributed by atoms with Gasteiger partial charge in [-0.05, 0) is 26.0 Å². The fourth-order valence-electron chi connectivity index (χ4n) is 3.23. The lowest BCUT2D eigenvalue weighted by atomic mass is 10.2. The number of benzene rings is 2. The SMILES string of the molecule is CCN(CCC(=O)OCC(C)=O)c1cc(NC(C)=O)c(N=Nc2ccc([N+](=O)[O-])cc2[N+](=O)[O-])cc1OC. The minimum absolute atomic E-state index is 0.0228. The van der Waals surface area contributed by atoms with E-state index in [0.29, 0.717) is 18.0 Å². The summed E-state index contributed by atoms with van der Waals surface area (Å²) in [5.41, 5.74) is -0.563. The number of non-ortho nitro benzene ring substituents is 1. The number of carbonyl (C=O) groups is 3. The third kappa shape index (κ3) is 8.04. The quantitative estimate of drug-likeness (QED) is 0.169. The summed E-state index contributed by atoms with van der Waals surface area (Å²) in [6.07, 6.45) is -0.0228. The Morgan fingerprint density at radius 3 is 2.26 bits per heavy atom. The second kappa shape index (κ2) is 13.4. The summed E-state index contributed by atoms with van der Waals surface area (Å²) in [6.45, 7) is 4.74. The molecule has 202 valence electrons. The van der Waals surface area contributed by atoms with Crippen molar-refractivity contribution in [2.24, 2.45) is 10.2 Å². The van der Waals surface area contributed by atoms with Crippen molar-refractivity contribution in [2.45, 2.75) is 27.2 Å². The molecule has 0 atom stereocenters. The molecular weight excluding hydrogens is 504 g/mol. The molecule has 0 unspecified atom stereocenters. The number of anilines is 2. The van der Waals surface area contributed by atoms with E-state index in [9.17, 15) is 34.6 Å². The Labute approximate surface area is 216 Å². The number of methoxy groups -OCH3 is 1. The lowest BCUT2D eigenvalue weighted by Crippen LogP contribution is -2.27. The molecule has 0 radical (unpaired) electrons. The van der Waals surface area contributed by atoms with Gasteiger partial charge in [-0.1, -0.05) is 0 Å². The minimum Gasteiger partial charge on any atom is -0.494 e. The first kappa shape index (κ1) is 29.3. The van der Waals surface area contributed by atoms with Crippen molar-refractivity contribution in [3.63, 3.8) is 0 Å². The van der Waals surface area contributed by atoms with E-state index in [1.807, 2.05) is 6.92 Å². The van der Waals surface area contributed by atoms with Crippen molar-refractivity contribution in [2.75, 3.05) is 37.0 Å². The summed E-state index contributed by atoms with van der Waals surface area (Å²) in [4.78, 5) is 57.4. The van der Waals surface area contributed by atoms with E-state index in [2.05, 4.69) is 15.5 Å². The molecule has 15 nitrogen and oxygen atoms in total. The number of nitrogens with one attached hydrogen (secondary N) is 1. The Morgan fingerprint density at radius 2 is 1.71 bits per heavy atom. The van der Waals surface area contributed by atoms with Gasteiger partial charge in [-0.25, -0.2) is 0 Å². The van der Waals surface area contributed by atoms with E-state index in [4.69, 9.17) is 9.47 Å². The molecule has 0 aliphatic rings. The number of nitro groups is 2. The van der Waals surface area contributed by atoms with Gasteiger partial charge in [0.1, 0.15) is 18.0 Å². The molecular formula is C23H26N6O9. The summed E-state index contributed by atoms with van der Waals surface area (Å²) in [7, 11) is 1.40. The fourth-order valence-corrected chi connectivity index (χ4v) is 3.23. The molecule has 0 bridgehead atoms. The number of azo groups is 1. The van der Waals surface area contributed by atoms with Crippen molar-refractivity contribution in [1.29, 1.82) is 0 Å². The molecule has 2 rings (SSSR count). The van der Waals surface area contributed by atoms with Crippen LogP contribution < -0.4 is 15.0 Å². The maximum atomic E-state index is 12.0. The number of hydrogen-bond donors (Lipinski definition) is 1. The highest BCUT2D eigenvalue weighted by atomic mass is 16.6. The van der Waals surface area contributed by atoms with Crippen LogP contribution in [-0.2, 0) is 19.1 Å². The van der Waals surface area contributed by atoms with Gasteiger partial charge in [0.15, 0.2) is 11.5 Å².